The van der Waals surface area contributed by atoms with Crippen LogP contribution >= 0.6 is 11.3 Å². The molecule has 1 atom stereocenters. The maximum atomic E-state index is 13.7. The van der Waals surface area contributed by atoms with Crippen molar-refractivity contribution in [3.8, 4) is 17.2 Å². The summed E-state index contributed by atoms with van der Waals surface area (Å²) >= 11 is 0.924. The molecule has 0 radical (unpaired) electrons. The molecule has 5 rings (SSSR count). The number of esters is 1. The number of anilines is 1. The van der Waals surface area contributed by atoms with E-state index in [0.717, 1.165) is 16.9 Å². The number of Topliss-reactive ketones (excluding diaryl/α,β-unsaturated/α-hetero) is 1. The number of aromatic nitrogens is 1. The second-order valence-corrected chi connectivity index (χ2v) is 10.6. The molecule has 43 heavy (non-hydrogen) atoms. The molecule has 9 nitrogen and oxygen atoms in total. The Hall–Kier alpha value is -5.22. The highest BCUT2D eigenvalue weighted by atomic mass is 32.1. The zero-order chi connectivity index (χ0) is 30.7. The van der Waals surface area contributed by atoms with Gasteiger partial charge in [-0.15, -0.1) is 0 Å². The van der Waals surface area contributed by atoms with Gasteiger partial charge in [0, 0.05) is 5.56 Å². The lowest BCUT2D eigenvalue weighted by atomic mass is 9.94. The van der Waals surface area contributed by atoms with Crippen molar-refractivity contribution in [3.63, 3.8) is 0 Å². The number of carbonyl (C=O) groups is 3. The summed E-state index contributed by atoms with van der Waals surface area (Å²) in [7, 11) is 1.54. The number of benzene rings is 3. The lowest BCUT2D eigenvalue weighted by Crippen LogP contribution is -2.29. The van der Waals surface area contributed by atoms with E-state index in [1.807, 2.05) is 18.2 Å². The summed E-state index contributed by atoms with van der Waals surface area (Å²) in [4.78, 5) is 45.8. The van der Waals surface area contributed by atoms with Crippen molar-refractivity contribution in [2.75, 3.05) is 18.6 Å². The molecule has 3 aromatic carbocycles. The van der Waals surface area contributed by atoms with Crippen molar-refractivity contribution in [2.24, 2.45) is 0 Å². The maximum absolute atomic E-state index is 13.7. The van der Waals surface area contributed by atoms with Gasteiger partial charge in [-0.25, -0.2) is 9.78 Å². The number of aliphatic hydroxyl groups is 1. The minimum absolute atomic E-state index is 0.00546. The molecule has 0 unspecified atom stereocenters. The van der Waals surface area contributed by atoms with Crippen LogP contribution in [0.15, 0.2) is 91.0 Å². The number of nitrogens with zero attached hydrogens (tertiary/aromatic N) is 2. The number of methoxy groups -OCH3 is 1. The van der Waals surface area contributed by atoms with Crippen molar-refractivity contribution in [2.45, 2.75) is 19.9 Å². The van der Waals surface area contributed by atoms with Gasteiger partial charge < -0.3 is 19.3 Å². The number of hydrogen-bond donors (Lipinski definition) is 1. The van der Waals surface area contributed by atoms with E-state index in [4.69, 9.17) is 14.2 Å². The molecule has 4 aromatic rings. The van der Waals surface area contributed by atoms with Gasteiger partial charge in [0.2, 0.25) is 0 Å². The monoisotopic (exact) mass is 596 g/mol. The first-order valence-electron chi connectivity index (χ1n) is 13.3. The van der Waals surface area contributed by atoms with Gasteiger partial charge in [-0.1, -0.05) is 54.3 Å². The van der Waals surface area contributed by atoms with E-state index in [1.54, 1.807) is 68.4 Å². The SMILES string of the molecule is C=CCOC(=O)c1sc(N2C(=O)C(=O)/C(=C(/O)c3ccc(OC)c(C)c3)[C@H]2c2cccc(Oc3ccccc3)c2)nc1C. The summed E-state index contributed by atoms with van der Waals surface area (Å²) in [6.07, 6.45) is 1.44. The molecule has 0 saturated carbocycles. The van der Waals surface area contributed by atoms with Gasteiger partial charge >= 0.3 is 11.9 Å². The normalized spacial score (nSPS) is 15.8. The fourth-order valence-electron chi connectivity index (χ4n) is 4.77. The zero-order valence-corrected chi connectivity index (χ0v) is 24.5. The van der Waals surface area contributed by atoms with E-state index >= 15 is 0 Å². The number of hydrogen-bond acceptors (Lipinski definition) is 9. The van der Waals surface area contributed by atoms with Crippen LogP contribution in [0.25, 0.3) is 5.76 Å². The number of amides is 1. The second-order valence-electron chi connectivity index (χ2n) is 9.64. The second kappa shape index (κ2) is 12.3. The Labute approximate surface area is 252 Å². The van der Waals surface area contributed by atoms with E-state index in [1.165, 1.54) is 18.1 Å². The summed E-state index contributed by atoms with van der Waals surface area (Å²) in [5.74, 6) is -1.11. The largest absolute Gasteiger partial charge is 0.507 e. The summed E-state index contributed by atoms with van der Waals surface area (Å²) in [5.41, 5.74) is 1.76. The number of rotatable bonds is 9. The number of carbonyl (C=O) groups excluding carboxylic acids is 3. The van der Waals surface area contributed by atoms with Crippen molar-refractivity contribution in [1.82, 2.24) is 4.98 Å². The standard InChI is InChI=1S/C33H28N2O7S/c1-5-16-41-32(39)30-20(3)34-33(43-30)35-27(21-10-9-13-24(18-21)42-23-11-7-6-8-12-23)26(29(37)31(35)38)28(36)22-14-15-25(40-4)19(2)17-22/h5-15,17-18,27,36H,1,16H2,2-4H3/b28-26+/t27-/m1/s1. The van der Waals surface area contributed by atoms with Crippen LogP contribution in [0, 0.1) is 13.8 Å². The molecule has 1 saturated heterocycles. The third-order valence-corrected chi connectivity index (χ3v) is 7.91. The van der Waals surface area contributed by atoms with Crippen molar-refractivity contribution < 1.29 is 33.7 Å². The fourth-order valence-corrected chi connectivity index (χ4v) is 5.76. The van der Waals surface area contributed by atoms with Crippen LogP contribution in [0.4, 0.5) is 5.13 Å². The van der Waals surface area contributed by atoms with Gasteiger partial charge in [0.15, 0.2) is 5.13 Å². The summed E-state index contributed by atoms with van der Waals surface area (Å²) in [6.45, 7) is 6.98. The Kier molecular flexibility index (Phi) is 8.40. The van der Waals surface area contributed by atoms with Crippen LogP contribution in [0.3, 0.4) is 0 Å². The molecule has 0 bridgehead atoms. The van der Waals surface area contributed by atoms with Gasteiger partial charge in [-0.3, -0.25) is 14.5 Å². The highest BCUT2D eigenvalue weighted by molar-refractivity contribution is 7.17. The minimum atomic E-state index is -1.08. The van der Waals surface area contributed by atoms with Crippen LogP contribution in [0.5, 0.6) is 17.2 Å². The summed E-state index contributed by atoms with van der Waals surface area (Å²) in [5, 5.41) is 11.7. The lowest BCUT2D eigenvalue weighted by Gasteiger charge is -2.23. The van der Waals surface area contributed by atoms with Crippen LogP contribution in [0.2, 0.25) is 0 Å². The van der Waals surface area contributed by atoms with Crippen LogP contribution < -0.4 is 14.4 Å². The molecule has 10 heteroatoms. The van der Waals surface area contributed by atoms with Gasteiger partial charge in [0.1, 0.15) is 34.5 Å². The number of para-hydroxylation sites is 1. The summed E-state index contributed by atoms with van der Waals surface area (Å²) in [6, 6.07) is 19.9. The average Bonchev–Trinajstić information content (AvgIpc) is 3.52. The van der Waals surface area contributed by atoms with E-state index in [2.05, 4.69) is 11.6 Å². The lowest BCUT2D eigenvalue weighted by molar-refractivity contribution is -0.132. The molecule has 0 spiro atoms. The van der Waals surface area contributed by atoms with Gasteiger partial charge in [0.05, 0.1) is 24.4 Å². The first-order chi connectivity index (χ1) is 20.7. The molecule has 2 heterocycles. The first kappa shape index (κ1) is 29.3. The molecule has 1 aliphatic rings. The predicted molar refractivity (Wildman–Crippen MR) is 163 cm³/mol. The van der Waals surface area contributed by atoms with E-state index in [0.29, 0.717) is 34.1 Å². The predicted octanol–water partition coefficient (Wildman–Crippen LogP) is 6.53. The van der Waals surface area contributed by atoms with E-state index in [9.17, 15) is 19.5 Å². The smallest absolute Gasteiger partial charge is 0.350 e. The van der Waals surface area contributed by atoms with E-state index < -0.39 is 23.7 Å². The van der Waals surface area contributed by atoms with Crippen molar-refractivity contribution in [3.05, 3.63) is 118 Å². The topological polar surface area (TPSA) is 115 Å². The number of thiazole rings is 1. The maximum Gasteiger partial charge on any atom is 0.350 e. The first-order valence-corrected chi connectivity index (χ1v) is 14.1. The molecule has 0 aliphatic carbocycles. The van der Waals surface area contributed by atoms with Crippen molar-refractivity contribution >= 4 is 39.9 Å². The Morgan fingerprint density at radius 1 is 1.05 bits per heavy atom. The van der Waals surface area contributed by atoms with Gasteiger partial charge in [-0.05, 0) is 67.4 Å². The third-order valence-electron chi connectivity index (χ3n) is 6.77. The minimum Gasteiger partial charge on any atom is -0.507 e. The molecule has 1 N–H and O–H groups in total. The number of aliphatic hydroxyl groups excluding tert-OH is 1. The highest BCUT2D eigenvalue weighted by Gasteiger charge is 2.48. The van der Waals surface area contributed by atoms with Crippen LogP contribution in [0.1, 0.15) is 38.1 Å². The number of ketones is 1. The fraction of sp³-hybridized carbons (Fsp3) is 0.152. The highest BCUT2D eigenvalue weighted by Crippen LogP contribution is 2.45. The van der Waals surface area contributed by atoms with Crippen molar-refractivity contribution in [1.29, 1.82) is 0 Å². The average molecular weight is 597 g/mol. The molecule has 1 fully saturated rings. The Morgan fingerprint density at radius 2 is 1.79 bits per heavy atom. The molecule has 218 valence electrons. The molecule has 1 aromatic heterocycles. The Balaban J connectivity index is 1.66. The summed E-state index contributed by atoms with van der Waals surface area (Å²) < 4.78 is 16.5. The molecule has 1 aliphatic heterocycles. The van der Waals surface area contributed by atoms with Crippen LogP contribution in [-0.4, -0.2) is 41.5 Å². The van der Waals surface area contributed by atoms with Gasteiger partial charge in [0.25, 0.3) is 5.78 Å². The number of aryl methyl sites for hydroxylation is 2. The molecular formula is C33H28N2O7S. The number of ether oxygens (including phenoxy) is 3. The van der Waals surface area contributed by atoms with Gasteiger partial charge in [-0.2, -0.15) is 0 Å². The quantitative estimate of drug-likeness (QED) is 0.0763. The van der Waals surface area contributed by atoms with Crippen LogP contribution in [-0.2, 0) is 14.3 Å². The molecule has 1 amide bonds. The van der Waals surface area contributed by atoms with E-state index in [-0.39, 0.29) is 27.9 Å². The zero-order valence-electron chi connectivity index (χ0n) is 23.7. The Bertz CT molecular complexity index is 1760. The third kappa shape index (κ3) is 5.77. The Morgan fingerprint density at radius 3 is 2.49 bits per heavy atom. The molecular weight excluding hydrogens is 568 g/mol.